The number of para-hydroxylation sites is 2. The highest BCUT2D eigenvalue weighted by atomic mass is 35.5. The van der Waals surface area contributed by atoms with Crippen LogP contribution in [0.5, 0.6) is 5.75 Å². The van der Waals surface area contributed by atoms with Crippen LogP contribution in [-0.4, -0.2) is 23.0 Å². The van der Waals surface area contributed by atoms with E-state index in [-0.39, 0.29) is 12.3 Å². The van der Waals surface area contributed by atoms with Crippen LogP contribution in [-0.2, 0) is 11.2 Å². The monoisotopic (exact) mass is 374 g/mol. The van der Waals surface area contributed by atoms with Gasteiger partial charge in [0.2, 0.25) is 5.91 Å². The molecule has 6 nitrogen and oxygen atoms in total. The Morgan fingerprint density at radius 2 is 2.12 bits per heavy atom. The van der Waals surface area contributed by atoms with Crippen LogP contribution in [0.2, 0.25) is 5.02 Å². The second-order valence-electron chi connectivity index (χ2n) is 5.06. The van der Waals surface area contributed by atoms with Crippen LogP contribution >= 0.6 is 22.9 Å². The highest BCUT2D eigenvalue weighted by molar-refractivity contribution is 7.13. The number of nitrogens with one attached hydrogen (secondary N) is 2. The van der Waals surface area contributed by atoms with Crippen molar-refractivity contribution in [1.82, 2.24) is 9.97 Å². The number of hydrogen-bond acceptors (Lipinski definition) is 6. The molecule has 8 heteroatoms. The molecule has 0 saturated carbocycles. The number of amides is 1. The molecule has 0 radical (unpaired) electrons. The van der Waals surface area contributed by atoms with Gasteiger partial charge in [-0.2, -0.15) is 0 Å². The summed E-state index contributed by atoms with van der Waals surface area (Å²) in [4.78, 5) is 20.7. The molecule has 25 heavy (non-hydrogen) atoms. The number of ether oxygens (including phenoxy) is 1. The number of aromatic nitrogens is 2. The maximum atomic E-state index is 12.2. The fourth-order valence-electron chi connectivity index (χ4n) is 2.11. The minimum absolute atomic E-state index is 0.161. The zero-order valence-electron chi connectivity index (χ0n) is 13.3. The van der Waals surface area contributed by atoms with E-state index in [0.29, 0.717) is 33.1 Å². The van der Waals surface area contributed by atoms with Crippen LogP contribution < -0.4 is 15.4 Å². The maximum absolute atomic E-state index is 12.2. The summed E-state index contributed by atoms with van der Waals surface area (Å²) in [6.07, 6.45) is 1.73. The van der Waals surface area contributed by atoms with Gasteiger partial charge in [-0.3, -0.25) is 4.79 Å². The number of anilines is 3. The van der Waals surface area contributed by atoms with E-state index in [1.54, 1.807) is 37.6 Å². The van der Waals surface area contributed by atoms with Gasteiger partial charge in [0.15, 0.2) is 5.13 Å². The fraction of sp³-hybridized carbons (Fsp3) is 0.118. The molecule has 3 aromatic rings. The van der Waals surface area contributed by atoms with Crippen LogP contribution in [0.4, 0.5) is 16.6 Å². The molecular weight excluding hydrogens is 360 g/mol. The first kappa shape index (κ1) is 17.2. The first-order chi connectivity index (χ1) is 12.1. The fourth-order valence-corrected chi connectivity index (χ4v) is 2.94. The number of thiazole rings is 1. The minimum Gasteiger partial charge on any atom is -0.495 e. The summed E-state index contributed by atoms with van der Waals surface area (Å²) < 4.78 is 5.22. The van der Waals surface area contributed by atoms with Crippen molar-refractivity contribution in [2.75, 3.05) is 17.7 Å². The quantitative estimate of drug-likeness (QED) is 0.678. The smallest absolute Gasteiger partial charge is 0.230 e. The van der Waals surface area contributed by atoms with Gasteiger partial charge < -0.3 is 15.4 Å². The highest BCUT2D eigenvalue weighted by Gasteiger charge is 2.11. The van der Waals surface area contributed by atoms with Crippen molar-refractivity contribution in [1.29, 1.82) is 0 Å². The second kappa shape index (κ2) is 7.96. The Bertz CT molecular complexity index is 867. The number of benzene rings is 1. The molecule has 1 aromatic carbocycles. The molecule has 1 amide bonds. The molecule has 0 saturated heterocycles. The van der Waals surface area contributed by atoms with Gasteiger partial charge >= 0.3 is 0 Å². The van der Waals surface area contributed by atoms with E-state index >= 15 is 0 Å². The minimum atomic E-state index is -0.161. The van der Waals surface area contributed by atoms with Gasteiger partial charge in [0, 0.05) is 11.6 Å². The third-order valence-corrected chi connectivity index (χ3v) is 4.27. The Morgan fingerprint density at radius 1 is 1.28 bits per heavy atom. The summed E-state index contributed by atoms with van der Waals surface area (Å²) in [6, 6.07) is 10.8. The van der Waals surface area contributed by atoms with Crippen molar-refractivity contribution in [3.05, 3.63) is 58.7 Å². The number of nitrogens with zero attached hydrogens (tertiary/aromatic N) is 2. The highest BCUT2D eigenvalue weighted by Crippen LogP contribution is 2.24. The molecule has 2 heterocycles. The van der Waals surface area contributed by atoms with Gasteiger partial charge in [0.05, 0.1) is 29.9 Å². The number of carbonyl (C=O) groups is 1. The summed E-state index contributed by atoms with van der Waals surface area (Å²) in [5.41, 5.74) is 1.31. The van der Waals surface area contributed by atoms with E-state index in [0.717, 1.165) is 0 Å². The lowest BCUT2D eigenvalue weighted by Crippen LogP contribution is -2.15. The molecule has 128 valence electrons. The van der Waals surface area contributed by atoms with Gasteiger partial charge in [-0.1, -0.05) is 23.7 Å². The van der Waals surface area contributed by atoms with Crippen LogP contribution in [0.15, 0.2) is 48.0 Å². The summed E-state index contributed by atoms with van der Waals surface area (Å²) in [6.45, 7) is 0. The van der Waals surface area contributed by atoms with Crippen LogP contribution in [0, 0.1) is 0 Å². The molecule has 0 aliphatic carbocycles. The Kier molecular flexibility index (Phi) is 5.47. The summed E-state index contributed by atoms with van der Waals surface area (Å²) >= 11 is 7.21. The molecule has 0 atom stereocenters. The van der Waals surface area contributed by atoms with Crippen LogP contribution in [0.1, 0.15) is 5.69 Å². The molecule has 0 aliphatic heterocycles. The largest absolute Gasteiger partial charge is 0.495 e. The van der Waals surface area contributed by atoms with Gasteiger partial charge in [-0.25, -0.2) is 9.97 Å². The van der Waals surface area contributed by atoms with E-state index in [1.165, 1.54) is 11.3 Å². The Morgan fingerprint density at radius 3 is 2.88 bits per heavy atom. The summed E-state index contributed by atoms with van der Waals surface area (Å²) in [5, 5.41) is 8.97. The van der Waals surface area contributed by atoms with Crippen molar-refractivity contribution in [3.8, 4) is 5.75 Å². The first-order valence-electron chi connectivity index (χ1n) is 7.40. The summed E-state index contributed by atoms with van der Waals surface area (Å²) in [7, 11) is 1.56. The Balaban J connectivity index is 1.61. The predicted molar refractivity (Wildman–Crippen MR) is 100.0 cm³/mol. The van der Waals surface area contributed by atoms with Crippen LogP contribution in [0.3, 0.4) is 0 Å². The molecule has 0 spiro atoms. The lowest BCUT2D eigenvalue weighted by molar-refractivity contribution is -0.115. The molecule has 0 fully saturated rings. The van der Waals surface area contributed by atoms with E-state index in [4.69, 9.17) is 16.3 Å². The normalized spacial score (nSPS) is 10.3. The standard InChI is InChI=1S/C17H15ClN4O2S/c1-24-14-5-3-2-4-13(14)21-16(23)8-12-10-25-17(20-12)22-15-7-6-11(18)9-19-15/h2-7,9-10H,8H2,1H3,(H,21,23)(H,19,20,22). The van der Waals surface area contributed by atoms with Gasteiger partial charge in [0.25, 0.3) is 0 Å². The van der Waals surface area contributed by atoms with Gasteiger partial charge in [0.1, 0.15) is 11.6 Å². The third-order valence-electron chi connectivity index (χ3n) is 3.24. The van der Waals surface area contributed by atoms with Gasteiger partial charge in [-0.15, -0.1) is 11.3 Å². The molecule has 3 rings (SSSR count). The molecule has 0 unspecified atom stereocenters. The second-order valence-corrected chi connectivity index (χ2v) is 6.35. The number of hydrogen-bond donors (Lipinski definition) is 2. The predicted octanol–water partition coefficient (Wildman–Crippen LogP) is 4.12. The van der Waals surface area contributed by atoms with Crippen molar-refractivity contribution in [3.63, 3.8) is 0 Å². The Hall–Kier alpha value is -2.64. The number of halogens is 1. The topological polar surface area (TPSA) is 76.1 Å². The van der Waals surface area contributed by atoms with Crippen molar-refractivity contribution in [2.24, 2.45) is 0 Å². The number of methoxy groups -OCH3 is 1. The third kappa shape index (κ3) is 4.68. The average Bonchev–Trinajstić information content (AvgIpc) is 3.04. The zero-order valence-corrected chi connectivity index (χ0v) is 14.9. The van der Waals surface area contributed by atoms with Crippen molar-refractivity contribution in [2.45, 2.75) is 6.42 Å². The lowest BCUT2D eigenvalue weighted by atomic mass is 10.2. The van der Waals surface area contributed by atoms with Gasteiger partial charge in [-0.05, 0) is 24.3 Å². The molecule has 2 aromatic heterocycles. The lowest BCUT2D eigenvalue weighted by Gasteiger charge is -2.09. The van der Waals surface area contributed by atoms with E-state index in [2.05, 4.69) is 20.6 Å². The number of rotatable bonds is 6. The average molecular weight is 375 g/mol. The van der Waals surface area contributed by atoms with E-state index in [1.807, 2.05) is 17.5 Å². The first-order valence-corrected chi connectivity index (χ1v) is 8.65. The maximum Gasteiger partial charge on any atom is 0.230 e. The van der Waals surface area contributed by atoms with E-state index < -0.39 is 0 Å². The molecular formula is C17H15ClN4O2S. The number of pyridine rings is 1. The van der Waals surface area contributed by atoms with E-state index in [9.17, 15) is 4.79 Å². The van der Waals surface area contributed by atoms with Crippen LogP contribution in [0.25, 0.3) is 0 Å². The van der Waals surface area contributed by atoms with Crippen molar-refractivity contribution >= 4 is 45.5 Å². The zero-order chi connectivity index (χ0) is 17.6. The molecule has 0 aliphatic rings. The molecule has 0 bridgehead atoms. The Labute approximate surface area is 153 Å². The summed E-state index contributed by atoms with van der Waals surface area (Å²) in [5.74, 6) is 1.10. The number of carbonyl (C=O) groups excluding carboxylic acids is 1. The van der Waals surface area contributed by atoms with Crippen molar-refractivity contribution < 1.29 is 9.53 Å². The SMILES string of the molecule is COc1ccccc1NC(=O)Cc1csc(Nc2ccc(Cl)cn2)n1. The molecule has 2 N–H and O–H groups in total.